The molecule has 1 aromatic heterocycles. The Kier molecular flexibility index (Phi) is 5.81. The van der Waals surface area contributed by atoms with E-state index in [0.29, 0.717) is 24.6 Å². The minimum atomic E-state index is -0.794. The van der Waals surface area contributed by atoms with Crippen LogP contribution in [0.5, 0.6) is 0 Å². The summed E-state index contributed by atoms with van der Waals surface area (Å²) in [6.07, 6.45) is 2.83. The molecule has 4 nitrogen and oxygen atoms in total. The van der Waals surface area contributed by atoms with Gasteiger partial charge in [0.1, 0.15) is 0 Å². The summed E-state index contributed by atoms with van der Waals surface area (Å²) in [6, 6.07) is 0. The Hall–Kier alpha value is -1.29. The van der Waals surface area contributed by atoms with Crippen LogP contribution in [0.2, 0.25) is 5.02 Å². The Morgan fingerprint density at radius 3 is 2.60 bits per heavy atom. The summed E-state index contributed by atoms with van der Waals surface area (Å²) in [4.78, 5) is 12.1. The van der Waals surface area contributed by atoms with Crippen molar-refractivity contribution in [1.29, 1.82) is 0 Å². The zero-order valence-corrected chi connectivity index (χ0v) is 13.5. The van der Waals surface area contributed by atoms with Gasteiger partial charge in [0.05, 0.1) is 28.4 Å². The van der Waals surface area contributed by atoms with Crippen LogP contribution in [0, 0.1) is 5.41 Å². The van der Waals surface area contributed by atoms with Crippen molar-refractivity contribution >= 4 is 17.6 Å². The predicted molar refractivity (Wildman–Crippen MR) is 80.9 cm³/mol. The summed E-state index contributed by atoms with van der Waals surface area (Å²) in [6.45, 7) is 12.5. The molecule has 0 aliphatic heterocycles. The van der Waals surface area contributed by atoms with Gasteiger partial charge in [-0.3, -0.25) is 9.48 Å². The number of carbonyl (C=O) groups excluding carboxylic acids is 1. The van der Waals surface area contributed by atoms with E-state index in [9.17, 15) is 4.79 Å². The molecule has 1 rings (SSSR count). The van der Waals surface area contributed by atoms with Crippen molar-refractivity contribution in [2.24, 2.45) is 5.41 Å². The molecule has 0 N–H and O–H groups in total. The van der Waals surface area contributed by atoms with Gasteiger partial charge in [-0.2, -0.15) is 5.10 Å². The van der Waals surface area contributed by atoms with Gasteiger partial charge >= 0.3 is 5.97 Å². The fourth-order valence-electron chi connectivity index (χ4n) is 2.06. The standard InChI is InChI=1S/C15H23ClN2O2/c1-6-11-13(16)12(18(8-3)17-11)10-15(5,7-2)14(19)20-9-4/h7H,2,6,8-10H2,1,3-5H3. The molecule has 0 spiro atoms. The molecule has 112 valence electrons. The van der Waals surface area contributed by atoms with Gasteiger partial charge in [0, 0.05) is 13.0 Å². The van der Waals surface area contributed by atoms with Crippen LogP contribution in [-0.2, 0) is 28.9 Å². The second-order valence-electron chi connectivity index (χ2n) is 4.90. The van der Waals surface area contributed by atoms with Gasteiger partial charge in [-0.25, -0.2) is 0 Å². The van der Waals surface area contributed by atoms with E-state index in [4.69, 9.17) is 16.3 Å². The van der Waals surface area contributed by atoms with Crippen molar-refractivity contribution < 1.29 is 9.53 Å². The van der Waals surface area contributed by atoms with Crippen LogP contribution in [0.15, 0.2) is 12.7 Å². The minimum absolute atomic E-state index is 0.284. The van der Waals surface area contributed by atoms with Gasteiger partial charge in [-0.05, 0) is 27.2 Å². The first-order valence-electron chi connectivity index (χ1n) is 6.98. The van der Waals surface area contributed by atoms with E-state index in [-0.39, 0.29) is 5.97 Å². The Bertz CT molecular complexity index is 496. The fourth-order valence-corrected chi connectivity index (χ4v) is 2.39. The Labute approximate surface area is 125 Å². The highest BCUT2D eigenvalue weighted by molar-refractivity contribution is 6.31. The van der Waals surface area contributed by atoms with Crippen LogP contribution >= 0.6 is 11.6 Å². The van der Waals surface area contributed by atoms with Crippen molar-refractivity contribution in [3.8, 4) is 0 Å². The molecule has 20 heavy (non-hydrogen) atoms. The summed E-state index contributed by atoms with van der Waals surface area (Å²) < 4.78 is 6.98. The van der Waals surface area contributed by atoms with Crippen molar-refractivity contribution in [3.05, 3.63) is 29.1 Å². The largest absolute Gasteiger partial charge is 0.465 e. The van der Waals surface area contributed by atoms with Gasteiger partial charge in [-0.15, -0.1) is 6.58 Å². The zero-order chi connectivity index (χ0) is 15.3. The number of hydrogen-bond donors (Lipinski definition) is 0. The number of aromatic nitrogens is 2. The Balaban J connectivity index is 3.15. The summed E-state index contributed by atoms with van der Waals surface area (Å²) in [5.74, 6) is -0.284. The lowest BCUT2D eigenvalue weighted by molar-refractivity contribution is -0.151. The van der Waals surface area contributed by atoms with Crippen LogP contribution in [0.25, 0.3) is 0 Å². The summed E-state index contributed by atoms with van der Waals surface area (Å²) >= 11 is 6.38. The van der Waals surface area contributed by atoms with E-state index in [2.05, 4.69) is 11.7 Å². The van der Waals surface area contributed by atoms with Crippen molar-refractivity contribution in [3.63, 3.8) is 0 Å². The molecule has 0 bridgehead atoms. The molecule has 0 saturated heterocycles. The molecule has 0 fully saturated rings. The molecular formula is C15H23ClN2O2. The van der Waals surface area contributed by atoms with Gasteiger partial charge in [0.25, 0.3) is 0 Å². The van der Waals surface area contributed by atoms with Crippen molar-refractivity contribution in [1.82, 2.24) is 9.78 Å². The SMILES string of the molecule is C=CC(C)(Cc1c(Cl)c(CC)nn1CC)C(=O)OCC. The number of halogens is 1. The van der Waals surface area contributed by atoms with Crippen molar-refractivity contribution in [2.75, 3.05) is 6.61 Å². The maximum atomic E-state index is 12.1. The van der Waals surface area contributed by atoms with Gasteiger partial charge in [0.2, 0.25) is 0 Å². The van der Waals surface area contributed by atoms with E-state index in [0.717, 1.165) is 17.8 Å². The van der Waals surface area contributed by atoms with Crippen molar-refractivity contribution in [2.45, 2.75) is 47.1 Å². The molecule has 1 aromatic rings. The number of carbonyl (C=O) groups is 1. The molecule has 0 radical (unpaired) electrons. The number of esters is 1. The van der Waals surface area contributed by atoms with Gasteiger partial charge in [-0.1, -0.05) is 24.6 Å². The zero-order valence-electron chi connectivity index (χ0n) is 12.7. The maximum absolute atomic E-state index is 12.1. The summed E-state index contributed by atoms with van der Waals surface area (Å²) in [5.41, 5.74) is 0.928. The predicted octanol–water partition coefficient (Wildman–Crippen LogP) is 3.42. The topological polar surface area (TPSA) is 44.1 Å². The molecule has 0 amide bonds. The average molecular weight is 299 g/mol. The number of nitrogens with zero attached hydrogens (tertiary/aromatic N) is 2. The van der Waals surface area contributed by atoms with E-state index < -0.39 is 5.41 Å². The van der Waals surface area contributed by atoms with Crippen LogP contribution in [0.4, 0.5) is 0 Å². The molecule has 0 aromatic carbocycles. The first-order chi connectivity index (χ1) is 9.43. The van der Waals surface area contributed by atoms with Gasteiger partial charge < -0.3 is 4.74 Å². The van der Waals surface area contributed by atoms with E-state index in [1.165, 1.54) is 0 Å². The molecule has 1 atom stereocenters. The number of ether oxygens (including phenoxy) is 1. The molecule has 1 heterocycles. The lowest BCUT2D eigenvalue weighted by atomic mass is 9.85. The number of rotatable bonds is 7. The fraction of sp³-hybridized carbons (Fsp3) is 0.600. The third-order valence-corrected chi connectivity index (χ3v) is 3.86. The third-order valence-electron chi connectivity index (χ3n) is 3.42. The lowest BCUT2D eigenvalue weighted by Gasteiger charge is -2.23. The second-order valence-corrected chi connectivity index (χ2v) is 5.27. The maximum Gasteiger partial charge on any atom is 0.316 e. The highest BCUT2D eigenvalue weighted by Crippen LogP contribution is 2.31. The van der Waals surface area contributed by atoms with Crippen LogP contribution < -0.4 is 0 Å². The van der Waals surface area contributed by atoms with Gasteiger partial charge in [0.15, 0.2) is 0 Å². The first kappa shape index (κ1) is 16.8. The third kappa shape index (κ3) is 3.23. The molecular weight excluding hydrogens is 276 g/mol. The first-order valence-corrected chi connectivity index (χ1v) is 7.36. The lowest BCUT2D eigenvalue weighted by Crippen LogP contribution is -2.31. The Morgan fingerprint density at radius 2 is 2.15 bits per heavy atom. The summed E-state index contributed by atoms with van der Waals surface area (Å²) in [5, 5.41) is 5.11. The molecule has 0 saturated carbocycles. The monoisotopic (exact) mass is 298 g/mol. The summed E-state index contributed by atoms with van der Waals surface area (Å²) in [7, 11) is 0. The van der Waals surface area contributed by atoms with E-state index in [1.807, 2.05) is 25.5 Å². The number of hydrogen-bond acceptors (Lipinski definition) is 3. The van der Waals surface area contributed by atoms with Crippen LogP contribution in [-0.4, -0.2) is 22.4 Å². The normalized spacial score (nSPS) is 13.8. The van der Waals surface area contributed by atoms with E-state index in [1.54, 1.807) is 13.0 Å². The van der Waals surface area contributed by atoms with Crippen LogP contribution in [0.1, 0.15) is 39.1 Å². The smallest absolute Gasteiger partial charge is 0.316 e. The second kappa shape index (κ2) is 6.93. The minimum Gasteiger partial charge on any atom is -0.465 e. The average Bonchev–Trinajstić information content (AvgIpc) is 2.75. The van der Waals surface area contributed by atoms with Crippen LogP contribution in [0.3, 0.4) is 0 Å². The highest BCUT2D eigenvalue weighted by atomic mass is 35.5. The molecule has 1 unspecified atom stereocenters. The quantitative estimate of drug-likeness (QED) is 0.572. The molecule has 0 aliphatic carbocycles. The highest BCUT2D eigenvalue weighted by Gasteiger charge is 2.34. The molecule has 0 aliphatic rings. The number of aryl methyl sites for hydroxylation is 2. The van der Waals surface area contributed by atoms with E-state index >= 15 is 0 Å². The Morgan fingerprint density at radius 1 is 1.50 bits per heavy atom. The molecule has 5 heteroatoms.